The Hall–Kier alpha value is -2.63. The van der Waals surface area contributed by atoms with E-state index < -0.39 is 17.7 Å². The minimum atomic E-state index is -0.834. The number of anilines is 1. The van der Waals surface area contributed by atoms with Gasteiger partial charge in [0.25, 0.3) is 0 Å². The number of carbonyl (C=O) groups excluding carboxylic acids is 1. The van der Waals surface area contributed by atoms with Gasteiger partial charge in [0.1, 0.15) is 17.4 Å². The van der Waals surface area contributed by atoms with Gasteiger partial charge in [0.2, 0.25) is 0 Å². The Labute approximate surface area is 133 Å². The SMILES string of the molecule is CCN(C(=O)Nc1ccc(F)cc1F)C(C)c1cccc(O)c1. The highest BCUT2D eigenvalue weighted by Crippen LogP contribution is 2.24. The number of halogens is 2. The number of urea groups is 1. The number of phenolic OH excluding ortho intramolecular Hbond substituents is 1. The summed E-state index contributed by atoms with van der Waals surface area (Å²) < 4.78 is 26.6. The average Bonchev–Trinajstić information content (AvgIpc) is 2.50. The van der Waals surface area contributed by atoms with E-state index in [0.29, 0.717) is 12.6 Å². The molecule has 2 amide bonds. The maximum absolute atomic E-state index is 13.6. The molecule has 0 fully saturated rings. The molecule has 0 radical (unpaired) electrons. The van der Waals surface area contributed by atoms with Gasteiger partial charge in [-0.15, -0.1) is 0 Å². The predicted octanol–water partition coefficient (Wildman–Crippen LogP) is 4.29. The van der Waals surface area contributed by atoms with Gasteiger partial charge in [-0.3, -0.25) is 0 Å². The van der Waals surface area contributed by atoms with E-state index in [0.717, 1.165) is 11.6 Å². The standard InChI is InChI=1S/C17H18F2N2O2/c1-3-21(11(2)12-5-4-6-14(22)9-12)17(23)20-16-8-7-13(18)10-15(16)19/h4-11,22H,3H2,1-2H3,(H,20,23). The maximum atomic E-state index is 13.6. The van der Waals surface area contributed by atoms with Crippen LogP contribution in [0.15, 0.2) is 42.5 Å². The summed E-state index contributed by atoms with van der Waals surface area (Å²) in [5.41, 5.74) is 0.666. The fraction of sp³-hybridized carbons (Fsp3) is 0.235. The Morgan fingerprint density at radius 2 is 2.00 bits per heavy atom. The summed E-state index contributed by atoms with van der Waals surface area (Å²) >= 11 is 0. The number of aromatic hydroxyl groups is 1. The third-order valence-corrected chi connectivity index (χ3v) is 3.59. The first-order valence-corrected chi connectivity index (χ1v) is 7.24. The van der Waals surface area contributed by atoms with Crippen molar-refractivity contribution in [2.45, 2.75) is 19.9 Å². The Morgan fingerprint density at radius 1 is 1.26 bits per heavy atom. The van der Waals surface area contributed by atoms with Crippen molar-refractivity contribution in [1.29, 1.82) is 0 Å². The summed E-state index contributed by atoms with van der Waals surface area (Å²) in [6.45, 7) is 3.98. The average molecular weight is 320 g/mol. The van der Waals surface area contributed by atoms with Crippen LogP contribution in [0.1, 0.15) is 25.5 Å². The van der Waals surface area contributed by atoms with Gasteiger partial charge in [-0.2, -0.15) is 0 Å². The highest BCUT2D eigenvalue weighted by Gasteiger charge is 2.21. The molecule has 0 saturated heterocycles. The third kappa shape index (κ3) is 3.97. The molecule has 6 heteroatoms. The van der Waals surface area contributed by atoms with Crippen molar-refractivity contribution in [3.63, 3.8) is 0 Å². The summed E-state index contributed by atoms with van der Waals surface area (Å²) in [4.78, 5) is 13.9. The molecule has 0 aliphatic rings. The smallest absolute Gasteiger partial charge is 0.322 e. The molecule has 23 heavy (non-hydrogen) atoms. The molecule has 4 nitrogen and oxygen atoms in total. The van der Waals surface area contributed by atoms with E-state index >= 15 is 0 Å². The zero-order valence-corrected chi connectivity index (χ0v) is 12.9. The Kier molecular flexibility index (Phi) is 5.16. The maximum Gasteiger partial charge on any atom is 0.322 e. The molecule has 0 aliphatic heterocycles. The molecule has 2 N–H and O–H groups in total. The van der Waals surface area contributed by atoms with E-state index in [1.165, 1.54) is 11.0 Å². The van der Waals surface area contributed by atoms with Crippen LogP contribution in [0.25, 0.3) is 0 Å². The van der Waals surface area contributed by atoms with Crippen molar-refractivity contribution < 1.29 is 18.7 Å². The van der Waals surface area contributed by atoms with Gasteiger partial charge in [0.15, 0.2) is 0 Å². The molecule has 0 spiro atoms. The zero-order chi connectivity index (χ0) is 17.0. The normalized spacial score (nSPS) is 11.8. The minimum Gasteiger partial charge on any atom is -0.508 e. The molecule has 1 unspecified atom stereocenters. The predicted molar refractivity (Wildman–Crippen MR) is 84.3 cm³/mol. The van der Waals surface area contributed by atoms with Crippen molar-refractivity contribution >= 4 is 11.7 Å². The first kappa shape index (κ1) is 16.7. The van der Waals surface area contributed by atoms with E-state index in [9.17, 15) is 18.7 Å². The number of hydrogen-bond donors (Lipinski definition) is 2. The lowest BCUT2D eigenvalue weighted by molar-refractivity contribution is 0.196. The summed E-state index contributed by atoms with van der Waals surface area (Å²) in [5.74, 6) is -1.43. The Morgan fingerprint density at radius 3 is 2.61 bits per heavy atom. The highest BCUT2D eigenvalue weighted by molar-refractivity contribution is 5.89. The first-order chi connectivity index (χ1) is 10.9. The van der Waals surface area contributed by atoms with Crippen LogP contribution < -0.4 is 5.32 Å². The summed E-state index contributed by atoms with van der Waals surface area (Å²) in [6, 6.07) is 8.72. The summed E-state index contributed by atoms with van der Waals surface area (Å²) in [7, 11) is 0. The van der Waals surface area contributed by atoms with Crippen LogP contribution in [-0.4, -0.2) is 22.6 Å². The molecule has 0 bridgehead atoms. The van der Waals surface area contributed by atoms with E-state index in [1.54, 1.807) is 38.1 Å². The summed E-state index contributed by atoms with van der Waals surface area (Å²) in [5, 5.41) is 12.0. The zero-order valence-electron chi connectivity index (χ0n) is 12.9. The second-order valence-corrected chi connectivity index (χ2v) is 5.11. The topological polar surface area (TPSA) is 52.6 Å². The van der Waals surface area contributed by atoms with Crippen LogP contribution in [-0.2, 0) is 0 Å². The van der Waals surface area contributed by atoms with E-state index in [2.05, 4.69) is 5.32 Å². The molecule has 122 valence electrons. The van der Waals surface area contributed by atoms with Crippen molar-refractivity contribution in [1.82, 2.24) is 4.90 Å². The second kappa shape index (κ2) is 7.09. The number of hydrogen-bond acceptors (Lipinski definition) is 2. The van der Waals surface area contributed by atoms with Gasteiger partial charge in [0, 0.05) is 12.6 Å². The van der Waals surface area contributed by atoms with Crippen LogP contribution in [0.3, 0.4) is 0 Å². The Balaban J connectivity index is 2.17. The van der Waals surface area contributed by atoms with Crippen molar-refractivity contribution in [2.24, 2.45) is 0 Å². The fourth-order valence-electron chi connectivity index (χ4n) is 2.34. The van der Waals surface area contributed by atoms with Gasteiger partial charge in [-0.25, -0.2) is 13.6 Å². The largest absolute Gasteiger partial charge is 0.508 e. The lowest BCUT2D eigenvalue weighted by Gasteiger charge is -2.28. The van der Waals surface area contributed by atoms with Crippen molar-refractivity contribution in [3.05, 3.63) is 59.7 Å². The van der Waals surface area contributed by atoms with E-state index in [1.807, 2.05) is 0 Å². The molecule has 0 aliphatic carbocycles. The lowest BCUT2D eigenvalue weighted by Crippen LogP contribution is -2.37. The number of benzene rings is 2. The van der Waals surface area contributed by atoms with Gasteiger partial charge in [0.05, 0.1) is 11.7 Å². The number of nitrogens with one attached hydrogen (secondary N) is 1. The molecule has 0 aromatic heterocycles. The van der Waals surface area contributed by atoms with E-state index in [4.69, 9.17) is 0 Å². The van der Waals surface area contributed by atoms with Crippen LogP contribution >= 0.6 is 0 Å². The number of rotatable bonds is 4. The molecule has 2 aromatic carbocycles. The number of amides is 2. The molecule has 2 rings (SSSR count). The molecule has 1 atom stereocenters. The summed E-state index contributed by atoms with van der Waals surface area (Å²) in [6.07, 6.45) is 0. The number of phenols is 1. The molecular formula is C17H18F2N2O2. The monoisotopic (exact) mass is 320 g/mol. The van der Waals surface area contributed by atoms with Gasteiger partial charge in [-0.05, 0) is 43.7 Å². The quantitative estimate of drug-likeness (QED) is 0.883. The van der Waals surface area contributed by atoms with Gasteiger partial charge < -0.3 is 15.3 Å². The van der Waals surface area contributed by atoms with Crippen LogP contribution in [0.2, 0.25) is 0 Å². The molecular weight excluding hydrogens is 302 g/mol. The highest BCUT2D eigenvalue weighted by atomic mass is 19.1. The van der Waals surface area contributed by atoms with Gasteiger partial charge >= 0.3 is 6.03 Å². The van der Waals surface area contributed by atoms with Crippen LogP contribution in [0, 0.1) is 11.6 Å². The van der Waals surface area contributed by atoms with Crippen LogP contribution in [0.5, 0.6) is 5.75 Å². The number of nitrogens with zero attached hydrogens (tertiary/aromatic N) is 1. The fourth-order valence-corrected chi connectivity index (χ4v) is 2.34. The lowest BCUT2D eigenvalue weighted by atomic mass is 10.1. The second-order valence-electron chi connectivity index (χ2n) is 5.11. The molecule has 0 heterocycles. The van der Waals surface area contributed by atoms with Gasteiger partial charge in [-0.1, -0.05) is 12.1 Å². The minimum absolute atomic E-state index is 0.0852. The Bertz CT molecular complexity index is 707. The van der Waals surface area contributed by atoms with Crippen molar-refractivity contribution in [2.75, 3.05) is 11.9 Å². The number of carbonyl (C=O) groups is 1. The molecule has 0 saturated carbocycles. The third-order valence-electron chi connectivity index (χ3n) is 3.59. The molecule has 2 aromatic rings. The first-order valence-electron chi connectivity index (χ1n) is 7.24. The van der Waals surface area contributed by atoms with E-state index in [-0.39, 0.29) is 17.5 Å². The van der Waals surface area contributed by atoms with Crippen molar-refractivity contribution in [3.8, 4) is 5.75 Å². The van der Waals surface area contributed by atoms with Crippen LogP contribution in [0.4, 0.5) is 19.3 Å².